The standard InChI is InChI=1S/C12H9ClN4O3/c1-7-2-3-8(17(19)20)4-9(7)12(18)16-11-5-10(13)14-6-15-11/h2-6H,1H3,(H,14,15,16,18). The highest BCUT2D eigenvalue weighted by Crippen LogP contribution is 2.18. The molecule has 0 aliphatic heterocycles. The molecular formula is C12H9ClN4O3. The Morgan fingerprint density at radius 2 is 2.10 bits per heavy atom. The third-order valence-electron chi connectivity index (χ3n) is 2.55. The molecule has 0 bridgehead atoms. The van der Waals surface area contributed by atoms with Gasteiger partial charge in [-0.3, -0.25) is 14.9 Å². The Balaban J connectivity index is 2.29. The highest BCUT2D eigenvalue weighted by molar-refractivity contribution is 6.29. The Hall–Kier alpha value is -2.54. The molecule has 8 heteroatoms. The summed E-state index contributed by atoms with van der Waals surface area (Å²) >= 11 is 5.68. The molecule has 2 rings (SSSR count). The number of nitrogens with one attached hydrogen (secondary N) is 1. The molecule has 102 valence electrons. The smallest absolute Gasteiger partial charge is 0.270 e. The fourth-order valence-corrected chi connectivity index (χ4v) is 1.70. The van der Waals surface area contributed by atoms with Gasteiger partial charge >= 0.3 is 0 Å². The Morgan fingerprint density at radius 1 is 1.35 bits per heavy atom. The summed E-state index contributed by atoms with van der Waals surface area (Å²) in [5.41, 5.74) is 0.670. The van der Waals surface area contributed by atoms with Crippen molar-refractivity contribution in [1.29, 1.82) is 0 Å². The summed E-state index contributed by atoms with van der Waals surface area (Å²) in [6, 6.07) is 5.45. The first-order chi connectivity index (χ1) is 9.47. The second-order valence-electron chi connectivity index (χ2n) is 3.94. The summed E-state index contributed by atoms with van der Waals surface area (Å²) in [5.74, 6) is -0.276. The number of aromatic nitrogens is 2. The van der Waals surface area contributed by atoms with Crippen molar-refractivity contribution in [2.45, 2.75) is 6.92 Å². The monoisotopic (exact) mass is 292 g/mol. The second-order valence-corrected chi connectivity index (χ2v) is 4.32. The highest BCUT2D eigenvalue weighted by atomic mass is 35.5. The van der Waals surface area contributed by atoms with Crippen LogP contribution in [0.5, 0.6) is 0 Å². The number of nitro benzene ring substituents is 1. The van der Waals surface area contributed by atoms with Crippen molar-refractivity contribution in [2.75, 3.05) is 5.32 Å². The molecule has 20 heavy (non-hydrogen) atoms. The van der Waals surface area contributed by atoms with Crippen LogP contribution in [0.1, 0.15) is 15.9 Å². The quantitative estimate of drug-likeness (QED) is 0.532. The molecule has 0 aliphatic rings. The lowest BCUT2D eigenvalue weighted by atomic mass is 10.1. The van der Waals surface area contributed by atoms with Crippen LogP contribution in [-0.4, -0.2) is 20.8 Å². The van der Waals surface area contributed by atoms with E-state index in [1.165, 1.54) is 30.6 Å². The number of hydrogen-bond acceptors (Lipinski definition) is 5. The molecule has 1 amide bonds. The predicted molar refractivity (Wildman–Crippen MR) is 72.8 cm³/mol. The van der Waals surface area contributed by atoms with Crippen LogP contribution < -0.4 is 5.32 Å². The van der Waals surface area contributed by atoms with Gasteiger partial charge < -0.3 is 5.32 Å². The van der Waals surface area contributed by atoms with Gasteiger partial charge in [0, 0.05) is 23.8 Å². The van der Waals surface area contributed by atoms with Gasteiger partial charge in [0.25, 0.3) is 11.6 Å². The van der Waals surface area contributed by atoms with Gasteiger partial charge in [-0.25, -0.2) is 9.97 Å². The van der Waals surface area contributed by atoms with E-state index in [0.717, 1.165) is 0 Å². The van der Waals surface area contributed by atoms with Crippen molar-refractivity contribution in [3.8, 4) is 0 Å². The number of amides is 1. The minimum atomic E-state index is -0.558. The van der Waals surface area contributed by atoms with Crippen LogP contribution in [0.3, 0.4) is 0 Å². The van der Waals surface area contributed by atoms with Crippen LogP contribution >= 0.6 is 11.6 Å². The van der Waals surface area contributed by atoms with E-state index in [2.05, 4.69) is 15.3 Å². The number of aryl methyl sites for hydroxylation is 1. The Morgan fingerprint density at radius 3 is 2.75 bits per heavy atom. The number of halogens is 1. The van der Waals surface area contributed by atoms with Gasteiger partial charge in [0.2, 0.25) is 0 Å². The number of non-ortho nitro benzene ring substituents is 1. The number of hydrogen-bond donors (Lipinski definition) is 1. The number of nitro groups is 1. The van der Waals surface area contributed by atoms with Gasteiger partial charge in [0.15, 0.2) is 0 Å². The van der Waals surface area contributed by atoms with Crippen molar-refractivity contribution in [1.82, 2.24) is 9.97 Å². The van der Waals surface area contributed by atoms with E-state index in [9.17, 15) is 14.9 Å². The van der Waals surface area contributed by atoms with Crippen molar-refractivity contribution in [3.63, 3.8) is 0 Å². The second kappa shape index (κ2) is 5.62. The molecule has 0 unspecified atom stereocenters. The predicted octanol–water partition coefficient (Wildman–Crippen LogP) is 2.60. The Kier molecular flexibility index (Phi) is 3.90. The normalized spacial score (nSPS) is 10.1. The minimum Gasteiger partial charge on any atom is -0.306 e. The van der Waals surface area contributed by atoms with E-state index in [1.54, 1.807) is 6.92 Å². The molecule has 0 spiro atoms. The molecule has 1 aromatic carbocycles. The minimum absolute atomic E-state index is 0.151. The molecule has 0 fully saturated rings. The molecule has 0 saturated carbocycles. The lowest BCUT2D eigenvalue weighted by Gasteiger charge is -2.06. The molecule has 0 saturated heterocycles. The number of anilines is 1. The van der Waals surface area contributed by atoms with Gasteiger partial charge in [-0.2, -0.15) is 0 Å². The lowest BCUT2D eigenvalue weighted by Crippen LogP contribution is -2.14. The fourth-order valence-electron chi connectivity index (χ4n) is 1.55. The molecule has 0 radical (unpaired) electrons. The molecule has 1 N–H and O–H groups in total. The number of rotatable bonds is 3. The zero-order valence-corrected chi connectivity index (χ0v) is 11.1. The average molecular weight is 293 g/mol. The van der Waals surface area contributed by atoms with Crippen LogP contribution in [0.4, 0.5) is 11.5 Å². The van der Waals surface area contributed by atoms with Crippen molar-refractivity contribution < 1.29 is 9.72 Å². The summed E-state index contributed by atoms with van der Waals surface area (Å²) in [7, 11) is 0. The Labute approximate surface area is 118 Å². The average Bonchev–Trinajstić information content (AvgIpc) is 2.38. The van der Waals surface area contributed by atoms with E-state index < -0.39 is 10.8 Å². The summed E-state index contributed by atoms with van der Waals surface area (Å²) in [5, 5.41) is 13.4. The summed E-state index contributed by atoms with van der Waals surface area (Å²) in [6.07, 6.45) is 1.21. The largest absolute Gasteiger partial charge is 0.306 e. The topological polar surface area (TPSA) is 98.0 Å². The number of carbonyl (C=O) groups is 1. The van der Waals surface area contributed by atoms with E-state index in [1.807, 2.05) is 0 Å². The van der Waals surface area contributed by atoms with Gasteiger partial charge in [-0.15, -0.1) is 0 Å². The fraction of sp³-hybridized carbons (Fsp3) is 0.0833. The van der Waals surface area contributed by atoms with E-state index in [-0.39, 0.29) is 22.2 Å². The first kappa shape index (κ1) is 13.9. The summed E-state index contributed by atoms with van der Waals surface area (Å²) in [4.78, 5) is 29.8. The van der Waals surface area contributed by atoms with E-state index in [0.29, 0.717) is 5.56 Å². The van der Waals surface area contributed by atoms with Crippen LogP contribution in [0, 0.1) is 17.0 Å². The van der Waals surface area contributed by atoms with Crippen LogP contribution in [0.25, 0.3) is 0 Å². The molecule has 1 heterocycles. The van der Waals surface area contributed by atoms with Gasteiger partial charge in [0.1, 0.15) is 17.3 Å². The molecule has 7 nitrogen and oxygen atoms in total. The van der Waals surface area contributed by atoms with Crippen LogP contribution in [-0.2, 0) is 0 Å². The molecule has 1 aromatic heterocycles. The maximum Gasteiger partial charge on any atom is 0.270 e. The van der Waals surface area contributed by atoms with Crippen molar-refractivity contribution in [2.24, 2.45) is 0 Å². The molecular weight excluding hydrogens is 284 g/mol. The maximum absolute atomic E-state index is 12.1. The Bertz CT molecular complexity index is 690. The van der Waals surface area contributed by atoms with Crippen molar-refractivity contribution in [3.05, 3.63) is 57.0 Å². The third-order valence-corrected chi connectivity index (χ3v) is 2.76. The summed E-state index contributed by atoms with van der Waals surface area (Å²) in [6.45, 7) is 1.69. The first-order valence-corrected chi connectivity index (χ1v) is 5.89. The van der Waals surface area contributed by atoms with Crippen LogP contribution in [0.15, 0.2) is 30.6 Å². The third kappa shape index (κ3) is 3.07. The SMILES string of the molecule is Cc1ccc([N+](=O)[O-])cc1C(=O)Nc1cc(Cl)ncn1. The van der Waals surface area contributed by atoms with Gasteiger partial charge in [0.05, 0.1) is 4.92 Å². The lowest BCUT2D eigenvalue weighted by molar-refractivity contribution is -0.384. The highest BCUT2D eigenvalue weighted by Gasteiger charge is 2.15. The van der Waals surface area contributed by atoms with Crippen LogP contribution in [0.2, 0.25) is 5.15 Å². The zero-order chi connectivity index (χ0) is 14.7. The molecule has 2 aromatic rings. The number of nitrogens with zero attached hydrogens (tertiary/aromatic N) is 3. The number of benzene rings is 1. The zero-order valence-electron chi connectivity index (χ0n) is 10.3. The first-order valence-electron chi connectivity index (χ1n) is 5.51. The molecule has 0 aliphatic carbocycles. The number of carbonyl (C=O) groups excluding carboxylic acids is 1. The van der Waals surface area contributed by atoms with Crippen molar-refractivity contribution >= 4 is 29.0 Å². The van der Waals surface area contributed by atoms with E-state index in [4.69, 9.17) is 11.6 Å². The maximum atomic E-state index is 12.1. The summed E-state index contributed by atoms with van der Waals surface area (Å²) < 4.78 is 0. The molecule has 0 atom stereocenters. The van der Waals surface area contributed by atoms with Gasteiger partial charge in [-0.1, -0.05) is 17.7 Å². The van der Waals surface area contributed by atoms with E-state index >= 15 is 0 Å². The van der Waals surface area contributed by atoms with Gasteiger partial charge in [-0.05, 0) is 12.5 Å².